The molecule has 0 aliphatic carbocycles. The molecule has 0 spiro atoms. The standard InChI is InChI=1S/C24H21NO5/c1-13-8-10-16(12-14(13)2)22(27)20-21(19-11-9-15(3)30-19)25(24(29)23(20)28)17-6-4-5-7-18(17)26/h4-12,21,26-27H,1-3H3/b22-20-. The van der Waals surface area contributed by atoms with E-state index in [0.717, 1.165) is 11.1 Å². The smallest absolute Gasteiger partial charge is 0.300 e. The van der Waals surface area contributed by atoms with Crippen LogP contribution in [-0.2, 0) is 9.59 Å². The summed E-state index contributed by atoms with van der Waals surface area (Å²) in [6.07, 6.45) is 0. The first-order chi connectivity index (χ1) is 14.3. The van der Waals surface area contributed by atoms with Gasteiger partial charge in [-0.2, -0.15) is 0 Å². The topological polar surface area (TPSA) is 91.0 Å². The molecule has 1 aliphatic rings. The summed E-state index contributed by atoms with van der Waals surface area (Å²) in [4.78, 5) is 27.2. The maximum atomic E-state index is 13.0. The van der Waals surface area contributed by atoms with Crippen molar-refractivity contribution in [3.8, 4) is 5.75 Å². The Morgan fingerprint density at radius 3 is 2.33 bits per heavy atom. The van der Waals surface area contributed by atoms with Crippen molar-refractivity contribution >= 4 is 23.1 Å². The molecule has 1 fully saturated rings. The molecule has 0 radical (unpaired) electrons. The number of aromatic hydroxyl groups is 1. The Bertz CT molecular complexity index is 1200. The Morgan fingerprint density at radius 1 is 0.967 bits per heavy atom. The number of hydrogen-bond donors (Lipinski definition) is 2. The average Bonchev–Trinajstić information content (AvgIpc) is 3.25. The van der Waals surface area contributed by atoms with Crippen LogP contribution in [0.4, 0.5) is 5.69 Å². The van der Waals surface area contributed by atoms with Gasteiger partial charge in [0, 0.05) is 5.56 Å². The fourth-order valence-electron chi connectivity index (χ4n) is 3.66. The highest BCUT2D eigenvalue weighted by atomic mass is 16.3. The number of phenolic OH excluding ortho intramolecular Hbond substituents is 1. The number of nitrogens with zero attached hydrogens (tertiary/aromatic N) is 1. The van der Waals surface area contributed by atoms with Gasteiger partial charge in [0.1, 0.15) is 29.1 Å². The number of benzene rings is 2. The lowest BCUT2D eigenvalue weighted by Gasteiger charge is -2.24. The first kappa shape index (κ1) is 19.5. The molecule has 6 heteroatoms. The number of furan rings is 1. The molecule has 2 heterocycles. The summed E-state index contributed by atoms with van der Waals surface area (Å²) in [7, 11) is 0. The molecule has 1 aliphatic heterocycles. The number of aryl methyl sites for hydroxylation is 3. The summed E-state index contributed by atoms with van der Waals surface area (Å²) >= 11 is 0. The van der Waals surface area contributed by atoms with E-state index in [1.54, 1.807) is 49.4 Å². The molecule has 3 aromatic rings. The normalized spacial score (nSPS) is 18.2. The molecule has 30 heavy (non-hydrogen) atoms. The monoisotopic (exact) mass is 403 g/mol. The van der Waals surface area contributed by atoms with Gasteiger partial charge < -0.3 is 14.6 Å². The van der Waals surface area contributed by atoms with Gasteiger partial charge in [-0.3, -0.25) is 14.5 Å². The second-order valence-electron chi connectivity index (χ2n) is 7.41. The number of aliphatic hydroxyl groups is 1. The van der Waals surface area contributed by atoms with Gasteiger partial charge in [-0.1, -0.05) is 24.3 Å². The Hall–Kier alpha value is -3.80. The summed E-state index contributed by atoms with van der Waals surface area (Å²) in [6.45, 7) is 5.60. The van der Waals surface area contributed by atoms with Gasteiger partial charge in [-0.25, -0.2) is 0 Å². The SMILES string of the molecule is Cc1ccc(C2/C(=C(/O)c3ccc(C)c(C)c3)C(=O)C(=O)N2c2ccccc2O)o1. The van der Waals surface area contributed by atoms with Crippen LogP contribution < -0.4 is 4.90 Å². The summed E-state index contributed by atoms with van der Waals surface area (Å²) in [6, 6.07) is 13.9. The Labute approximate surface area is 173 Å². The van der Waals surface area contributed by atoms with Crippen molar-refractivity contribution in [2.75, 3.05) is 4.90 Å². The van der Waals surface area contributed by atoms with Crippen molar-refractivity contribution in [1.29, 1.82) is 0 Å². The summed E-state index contributed by atoms with van der Waals surface area (Å²) in [5.41, 5.74) is 2.50. The van der Waals surface area contributed by atoms with Gasteiger partial charge in [-0.05, 0) is 62.2 Å². The molecular formula is C24H21NO5. The molecule has 6 nitrogen and oxygen atoms in total. The third-order valence-corrected chi connectivity index (χ3v) is 5.40. The maximum Gasteiger partial charge on any atom is 0.300 e. The number of hydrogen-bond acceptors (Lipinski definition) is 5. The zero-order valence-electron chi connectivity index (χ0n) is 16.8. The number of phenols is 1. The highest BCUT2D eigenvalue weighted by Gasteiger charge is 2.49. The van der Waals surface area contributed by atoms with Crippen molar-refractivity contribution in [3.05, 3.63) is 88.4 Å². The third-order valence-electron chi connectivity index (χ3n) is 5.40. The van der Waals surface area contributed by atoms with E-state index in [1.807, 2.05) is 19.9 Å². The van der Waals surface area contributed by atoms with Crippen LogP contribution in [-0.4, -0.2) is 21.9 Å². The van der Waals surface area contributed by atoms with Crippen molar-refractivity contribution in [3.63, 3.8) is 0 Å². The van der Waals surface area contributed by atoms with Crippen LogP contribution in [0.15, 0.2) is 64.6 Å². The molecule has 1 saturated heterocycles. The minimum atomic E-state index is -1.01. The van der Waals surface area contributed by atoms with Crippen LogP contribution in [0.2, 0.25) is 0 Å². The molecule has 1 unspecified atom stereocenters. The zero-order chi connectivity index (χ0) is 21.6. The van der Waals surface area contributed by atoms with Gasteiger partial charge in [0.15, 0.2) is 0 Å². The van der Waals surface area contributed by atoms with E-state index in [2.05, 4.69) is 0 Å². The molecule has 1 aromatic heterocycles. The summed E-state index contributed by atoms with van der Waals surface area (Å²) in [5, 5.41) is 21.4. The molecule has 4 rings (SSSR count). The summed E-state index contributed by atoms with van der Waals surface area (Å²) in [5.74, 6) is -1.21. The number of amides is 1. The number of Topliss-reactive ketones (excluding diaryl/α,β-unsaturated/α-hetero) is 1. The van der Waals surface area contributed by atoms with Gasteiger partial charge in [-0.15, -0.1) is 0 Å². The summed E-state index contributed by atoms with van der Waals surface area (Å²) < 4.78 is 5.74. The fraction of sp³-hybridized carbons (Fsp3) is 0.167. The number of rotatable bonds is 3. The van der Waals surface area contributed by atoms with Gasteiger partial charge in [0.2, 0.25) is 0 Å². The maximum absolute atomic E-state index is 13.0. The Balaban J connectivity index is 1.97. The number of aliphatic hydroxyl groups excluding tert-OH is 1. The number of para-hydroxylation sites is 2. The fourth-order valence-corrected chi connectivity index (χ4v) is 3.66. The number of carbonyl (C=O) groups is 2. The highest BCUT2D eigenvalue weighted by Crippen LogP contribution is 2.45. The van der Waals surface area contributed by atoms with Crippen LogP contribution in [0.5, 0.6) is 5.75 Å². The first-order valence-corrected chi connectivity index (χ1v) is 9.52. The van der Waals surface area contributed by atoms with Gasteiger partial charge in [0.05, 0.1) is 11.3 Å². The van der Waals surface area contributed by atoms with Crippen LogP contribution in [0.25, 0.3) is 5.76 Å². The minimum absolute atomic E-state index is 0.0825. The second-order valence-corrected chi connectivity index (χ2v) is 7.41. The van der Waals surface area contributed by atoms with Crippen LogP contribution in [0.1, 0.15) is 34.3 Å². The van der Waals surface area contributed by atoms with E-state index in [-0.39, 0.29) is 22.8 Å². The molecular weight excluding hydrogens is 382 g/mol. The largest absolute Gasteiger partial charge is 0.507 e. The van der Waals surface area contributed by atoms with E-state index < -0.39 is 17.7 Å². The Kier molecular flexibility index (Phi) is 4.70. The molecule has 1 amide bonds. The number of anilines is 1. The highest BCUT2D eigenvalue weighted by molar-refractivity contribution is 6.51. The molecule has 2 aromatic carbocycles. The molecule has 1 atom stereocenters. The van der Waals surface area contributed by atoms with E-state index >= 15 is 0 Å². The predicted molar refractivity (Wildman–Crippen MR) is 112 cm³/mol. The Morgan fingerprint density at radius 2 is 1.70 bits per heavy atom. The molecule has 152 valence electrons. The van der Waals surface area contributed by atoms with Crippen LogP contribution >= 0.6 is 0 Å². The number of carbonyl (C=O) groups excluding carboxylic acids is 2. The van der Waals surface area contributed by atoms with Gasteiger partial charge in [0.25, 0.3) is 11.7 Å². The second kappa shape index (κ2) is 7.22. The predicted octanol–water partition coefficient (Wildman–Crippen LogP) is 4.54. The van der Waals surface area contributed by atoms with Crippen molar-refractivity contribution in [1.82, 2.24) is 0 Å². The third kappa shape index (κ3) is 3.06. The van der Waals surface area contributed by atoms with E-state index in [0.29, 0.717) is 17.1 Å². The van der Waals surface area contributed by atoms with Crippen LogP contribution in [0, 0.1) is 20.8 Å². The average molecular weight is 403 g/mol. The lowest BCUT2D eigenvalue weighted by molar-refractivity contribution is -0.132. The minimum Gasteiger partial charge on any atom is -0.507 e. The molecule has 0 bridgehead atoms. The van der Waals surface area contributed by atoms with Crippen molar-refractivity contribution in [2.24, 2.45) is 0 Å². The van der Waals surface area contributed by atoms with Crippen molar-refractivity contribution in [2.45, 2.75) is 26.8 Å². The van der Waals surface area contributed by atoms with Crippen molar-refractivity contribution < 1.29 is 24.2 Å². The van der Waals surface area contributed by atoms with E-state index in [4.69, 9.17) is 4.42 Å². The zero-order valence-corrected chi connectivity index (χ0v) is 16.8. The lowest BCUT2D eigenvalue weighted by Crippen LogP contribution is -2.29. The number of ketones is 1. The van der Waals surface area contributed by atoms with Gasteiger partial charge >= 0.3 is 0 Å². The quantitative estimate of drug-likeness (QED) is 0.381. The molecule has 2 N–H and O–H groups in total. The lowest BCUT2D eigenvalue weighted by atomic mass is 9.97. The van der Waals surface area contributed by atoms with Crippen LogP contribution in [0.3, 0.4) is 0 Å². The first-order valence-electron chi connectivity index (χ1n) is 9.52. The molecule has 0 saturated carbocycles. The van der Waals surface area contributed by atoms with E-state index in [9.17, 15) is 19.8 Å². The van der Waals surface area contributed by atoms with E-state index in [1.165, 1.54) is 11.0 Å².